The van der Waals surface area contributed by atoms with Crippen LogP contribution in [0.2, 0.25) is 0 Å². The van der Waals surface area contributed by atoms with Crippen LogP contribution in [0.15, 0.2) is 72.8 Å². The van der Waals surface area contributed by atoms with E-state index in [9.17, 15) is 5.11 Å². The van der Waals surface area contributed by atoms with Gasteiger partial charge in [0.05, 0.1) is 0 Å². The third kappa shape index (κ3) is 4.07. The van der Waals surface area contributed by atoms with E-state index in [2.05, 4.69) is 0 Å². The van der Waals surface area contributed by atoms with Crippen LogP contribution >= 0.6 is 0 Å². The molecule has 1 N–H and O–H groups in total. The average Bonchev–Trinajstić information content (AvgIpc) is 2.61. The second kappa shape index (κ2) is 7.55. The van der Waals surface area contributed by atoms with E-state index in [1.54, 1.807) is 12.1 Å². The normalized spacial score (nSPS) is 10.4. The van der Waals surface area contributed by atoms with E-state index < -0.39 is 0 Å². The van der Waals surface area contributed by atoms with Crippen LogP contribution in [0.4, 0.5) is 0 Å². The lowest BCUT2D eigenvalue weighted by Crippen LogP contribution is -2.02. The predicted molar refractivity (Wildman–Crippen MR) is 94.4 cm³/mol. The van der Waals surface area contributed by atoms with Crippen molar-refractivity contribution in [2.24, 2.45) is 0 Å². The van der Waals surface area contributed by atoms with E-state index in [0.717, 1.165) is 16.7 Å². The first-order chi connectivity index (χ1) is 11.7. The fourth-order valence-electron chi connectivity index (χ4n) is 2.48. The first-order valence-corrected chi connectivity index (χ1v) is 7.89. The number of rotatable bonds is 6. The molecule has 3 nitrogen and oxygen atoms in total. The minimum absolute atomic E-state index is 0.169. The van der Waals surface area contributed by atoms with Crippen molar-refractivity contribution in [3.05, 3.63) is 89.5 Å². The van der Waals surface area contributed by atoms with Crippen LogP contribution in [-0.2, 0) is 13.2 Å². The highest BCUT2D eigenvalue weighted by Crippen LogP contribution is 2.36. The van der Waals surface area contributed by atoms with Crippen molar-refractivity contribution in [2.45, 2.75) is 20.1 Å². The van der Waals surface area contributed by atoms with Gasteiger partial charge < -0.3 is 14.6 Å². The van der Waals surface area contributed by atoms with Crippen molar-refractivity contribution < 1.29 is 14.6 Å². The van der Waals surface area contributed by atoms with Crippen LogP contribution in [0.3, 0.4) is 0 Å². The Hall–Kier alpha value is -2.94. The summed E-state index contributed by atoms with van der Waals surface area (Å²) in [5, 5.41) is 9.87. The quantitative estimate of drug-likeness (QED) is 0.705. The summed E-state index contributed by atoms with van der Waals surface area (Å²) in [6.45, 7) is 2.77. The summed E-state index contributed by atoms with van der Waals surface area (Å²) in [7, 11) is 0. The molecule has 0 atom stereocenters. The lowest BCUT2D eigenvalue weighted by molar-refractivity contribution is 0.253. The summed E-state index contributed by atoms with van der Waals surface area (Å²) in [5.41, 5.74) is 2.99. The summed E-state index contributed by atoms with van der Waals surface area (Å²) in [6.07, 6.45) is 0. The van der Waals surface area contributed by atoms with Crippen LogP contribution in [0.25, 0.3) is 0 Å². The fraction of sp³-hybridized carbons (Fsp3) is 0.143. The largest absolute Gasteiger partial charge is 0.508 e. The van der Waals surface area contributed by atoms with Crippen LogP contribution in [0.1, 0.15) is 16.7 Å². The van der Waals surface area contributed by atoms with Crippen molar-refractivity contribution in [1.29, 1.82) is 0 Å². The monoisotopic (exact) mass is 320 g/mol. The number of aromatic hydroxyl groups is 1. The number of ether oxygens (including phenoxy) is 2. The van der Waals surface area contributed by atoms with Crippen molar-refractivity contribution in [2.75, 3.05) is 0 Å². The fourth-order valence-corrected chi connectivity index (χ4v) is 2.48. The number of phenols is 1. The summed E-state index contributed by atoms with van der Waals surface area (Å²) >= 11 is 0. The number of hydrogen-bond donors (Lipinski definition) is 1. The van der Waals surface area contributed by atoms with Crippen LogP contribution in [-0.4, -0.2) is 5.11 Å². The Morgan fingerprint density at radius 1 is 0.750 bits per heavy atom. The van der Waals surface area contributed by atoms with Gasteiger partial charge in [-0.05, 0) is 29.7 Å². The number of hydrogen-bond acceptors (Lipinski definition) is 3. The summed E-state index contributed by atoms with van der Waals surface area (Å²) in [4.78, 5) is 0. The molecular formula is C21H20O3. The maximum absolute atomic E-state index is 9.87. The van der Waals surface area contributed by atoms with Gasteiger partial charge >= 0.3 is 0 Å². The molecule has 3 heteroatoms. The second-order valence-corrected chi connectivity index (χ2v) is 5.64. The molecule has 0 saturated heterocycles. The minimum atomic E-state index is 0.169. The van der Waals surface area contributed by atoms with Gasteiger partial charge in [-0.3, -0.25) is 0 Å². The van der Waals surface area contributed by atoms with E-state index in [1.807, 2.05) is 67.6 Å². The van der Waals surface area contributed by atoms with Crippen molar-refractivity contribution >= 4 is 0 Å². The maximum Gasteiger partial charge on any atom is 0.165 e. The molecule has 3 aromatic rings. The van der Waals surface area contributed by atoms with Gasteiger partial charge in [-0.2, -0.15) is 0 Å². The van der Waals surface area contributed by atoms with Gasteiger partial charge in [-0.25, -0.2) is 0 Å². The predicted octanol–water partition coefficient (Wildman–Crippen LogP) is 4.86. The molecule has 0 aliphatic heterocycles. The van der Waals surface area contributed by atoms with Crippen molar-refractivity contribution in [1.82, 2.24) is 0 Å². The lowest BCUT2D eigenvalue weighted by atomic mass is 10.2. The van der Waals surface area contributed by atoms with Crippen LogP contribution < -0.4 is 9.47 Å². The third-order valence-electron chi connectivity index (χ3n) is 3.69. The zero-order valence-electron chi connectivity index (χ0n) is 13.6. The first kappa shape index (κ1) is 15.9. The third-order valence-corrected chi connectivity index (χ3v) is 3.69. The molecule has 0 fully saturated rings. The molecule has 3 rings (SSSR count). The Kier molecular flexibility index (Phi) is 5.02. The molecule has 0 spiro atoms. The van der Waals surface area contributed by atoms with Gasteiger partial charge in [-0.15, -0.1) is 0 Å². The molecule has 0 radical (unpaired) electrons. The summed E-state index contributed by atoms with van der Waals surface area (Å²) < 4.78 is 11.8. The molecule has 3 aromatic carbocycles. The molecule has 0 heterocycles. The topological polar surface area (TPSA) is 38.7 Å². The van der Waals surface area contributed by atoms with Crippen LogP contribution in [0.5, 0.6) is 17.2 Å². The van der Waals surface area contributed by atoms with Crippen LogP contribution in [0, 0.1) is 6.92 Å². The Balaban J connectivity index is 1.77. The van der Waals surface area contributed by atoms with Gasteiger partial charge in [0, 0.05) is 6.07 Å². The highest BCUT2D eigenvalue weighted by Gasteiger charge is 2.12. The van der Waals surface area contributed by atoms with Crippen molar-refractivity contribution in [3.8, 4) is 17.2 Å². The highest BCUT2D eigenvalue weighted by molar-refractivity contribution is 5.51. The first-order valence-electron chi connectivity index (χ1n) is 7.89. The Morgan fingerprint density at radius 2 is 1.29 bits per heavy atom. The molecule has 122 valence electrons. The van der Waals surface area contributed by atoms with Gasteiger partial charge in [0.25, 0.3) is 0 Å². The molecule has 0 aromatic heterocycles. The molecular weight excluding hydrogens is 300 g/mol. The molecule has 0 unspecified atom stereocenters. The number of phenolic OH excluding ortho intramolecular Hbond substituents is 1. The van der Waals surface area contributed by atoms with Gasteiger partial charge in [0.2, 0.25) is 0 Å². The zero-order valence-corrected chi connectivity index (χ0v) is 13.6. The molecule has 0 aliphatic carbocycles. The Labute approximate surface area is 142 Å². The Morgan fingerprint density at radius 3 is 1.88 bits per heavy atom. The molecule has 0 saturated carbocycles. The number of aryl methyl sites for hydroxylation is 1. The van der Waals surface area contributed by atoms with E-state index >= 15 is 0 Å². The van der Waals surface area contributed by atoms with Gasteiger partial charge in [0.1, 0.15) is 19.0 Å². The minimum Gasteiger partial charge on any atom is -0.508 e. The lowest BCUT2D eigenvalue weighted by Gasteiger charge is -2.16. The van der Waals surface area contributed by atoms with Gasteiger partial charge in [-0.1, -0.05) is 60.7 Å². The highest BCUT2D eigenvalue weighted by atomic mass is 16.5. The molecule has 0 bridgehead atoms. The van der Waals surface area contributed by atoms with E-state index in [1.165, 1.54) is 0 Å². The summed E-state index contributed by atoms with van der Waals surface area (Å²) in [5.74, 6) is 1.38. The van der Waals surface area contributed by atoms with E-state index in [4.69, 9.17) is 9.47 Å². The Bertz CT molecular complexity index is 783. The smallest absolute Gasteiger partial charge is 0.165 e. The molecule has 0 aliphatic rings. The van der Waals surface area contributed by atoms with E-state index in [-0.39, 0.29) is 5.75 Å². The van der Waals surface area contributed by atoms with Gasteiger partial charge in [0.15, 0.2) is 11.5 Å². The maximum atomic E-state index is 9.87. The zero-order chi connectivity index (χ0) is 16.8. The van der Waals surface area contributed by atoms with E-state index in [0.29, 0.717) is 24.7 Å². The summed E-state index contributed by atoms with van der Waals surface area (Å²) in [6, 6.07) is 23.1. The van der Waals surface area contributed by atoms with Crippen molar-refractivity contribution in [3.63, 3.8) is 0 Å². The number of benzene rings is 3. The average molecular weight is 320 g/mol. The molecule has 0 amide bonds. The second-order valence-electron chi connectivity index (χ2n) is 5.64. The standard InChI is InChI=1S/C21H20O3/c1-16-12-19(22)13-20(23-14-17-8-4-2-5-9-17)21(16)24-15-18-10-6-3-7-11-18/h2-13,22H,14-15H2,1H3. The molecule has 24 heavy (non-hydrogen) atoms. The SMILES string of the molecule is Cc1cc(O)cc(OCc2ccccc2)c1OCc1ccccc1.